The minimum absolute atomic E-state index is 0.00512. The number of carbonyl (C=O) groups is 1. The zero-order valence-corrected chi connectivity index (χ0v) is 18.0. The molecular formula is C18H37NO4Si. The summed E-state index contributed by atoms with van der Waals surface area (Å²) in [5.74, 6) is 0.00512. The third kappa shape index (κ3) is 5.46. The molecule has 0 spiro atoms. The van der Waals surface area contributed by atoms with E-state index in [2.05, 4.69) is 33.9 Å². The number of aliphatic hydroxyl groups is 1. The van der Waals surface area contributed by atoms with Crippen LogP contribution in [0.1, 0.15) is 54.9 Å². The van der Waals surface area contributed by atoms with E-state index in [1.165, 1.54) is 0 Å². The van der Waals surface area contributed by atoms with Crippen LogP contribution in [0.25, 0.3) is 0 Å². The molecule has 1 rings (SSSR count). The molecule has 0 aromatic carbocycles. The van der Waals surface area contributed by atoms with Gasteiger partial charge >= 0.3 is 6.09 Å². The van der Waals surface area contributed by atoms with E-state index < -0.39 is 13.9 Å². The van der Waals surface area contributed by atoms with Crippen molar-refractivity contribution in [3.63, 3.8) is 0 Å². The van der Waals surface area contributed by atoms with Gasteiger partial charge in [-0.1, -0.05) is 27.7 Å². The highest BCUT2D eigenvalue weighted by Gasteiger charge is 2.45. The van der Waals surface area contributed by atoms with Crippen molar-refractivity contribution < 1.29 is 19.1 Å². The molecule has 1 unspecified atom stereocenters. The van der Waals surface area contributed by atoms with Crippen LogP contribution in [0.2, 0.25) is 18.1 Å². The number of carbonyl (C=O) groups excluding carboxylic acids is 1. The molecule has 0 bridgehead atoms. The van der Waals surface area contributed by atoms with Gasteiger partial charge in [0.2, 0.25) is 0 Å². The summed E-state index contributed by atoms with van der Waals surface area (Å²) in [5, 5.41) is 9.69. The monoisotopic (exact) mass is 359 g/mol. The van der Waals surface area contributed by atoms with E-state index in [0.717, 1.165) is 6.42 Å². The molecule has 1 amide bonds. The Morgan fingerprint density at radius 3 is 2.21 bits per heavy atom. The van der Waals surface area contributed by atoms with E-state index in [1.807, 2.05) is 27.7 Å². The van der Waals surface area contributed by atoms with Crippen LogP contribution in [0.5, 0.6) is 0 Å². The highest BCUT2D eigenvalue weighted by Crippen LogP contribution is 2.39. The molecule has 0 aliphatic carbocycles. The predicted octanol–water partition coefficient (Wildman–Crippen LogP) is 4.01. The number of ether oxygens (including phenoxy) is 1. The van der Waals surface area contributed by atoms with Gasteiger partial charge in [0.1, 0.15) is 5.60 Å². The van der Waals surface area contributed by atoms with Crippen LogP contribution >= 0.6 is 0 Å². The lowest BCUT2D eigenvalue weighted by atomic mass is 10.0. The summed E-state index contributed by atoms with van der Waals surface area (Å²) in [7, 11) is -1.90. The lowest BCUT2D eigenvalue weighted by molar-refractivity contribution is 0.0145. The maximum Gasteiger partial charge on any atom is 0.410 e. The molecule has 1 aliphatic heterocycles. The Kier molecular flexibility index (Phi) is 6.56. The SMILES string of the molecule is CC(CO)[C@@H]1C[C@@H](O[Si](C)(C)C(C)(C)C)CN1C(=O)OC(C)(C)C. The molecule has 0 saturated carbocycles. The Hall–Kier alpha value is -0.593. The second-order valence-corrected chi connectivity index (χ2v) is 14.4. The zero-order valence-electron chi connectivity index (χ0n) is 17.0. The van der Waals surface area contributed by atoms with Gasteiger partial charge in [-0.15, -0.1) is 0 Å². The van der Waals surface area contributed by atoms with Crippen molar-refractivity contribution in [2.24, 2.45) is 5.92 Å². The van der Waals surface area contributed by atoms with Crippen LogP contribution in [-0.2, 0) is 9.16 Å². The number of hydrogen-bond donors (Lipinski definition) is 1. The molecular weight excluding hydrogens is 322 g/mol. The first-order chi connectivity index (χ1) is 10.7. The summed E-state index contributed by atoms with van der Waals surface area (Å²) in [6, 6.07) is -0.0420. The van der Waals surface area contributed by atoms with Gasteiger partial charge in [-0.05, 0) is 51.2 Å². The lowest BCUT2D eigenvalue weighted by Crippen LogP contribution is -2.45. The quantitative estimate of drug-likeness (QED) is 0.770. The van der Waals surface area contributed by atoms with E-state index in [1.54, 1.807) is 4.90 Å². The number of nitrogens with zero attached hydrogens (tertiary/aromatic N) is 1. The molecule has 0 aromatic heterocycles. The van der Waals surface area contributed by atoms with Gasteiger partial charge in [0.05, 0.1) is 6.10 Å². The normalized spacial score (nSPS) is 24.2. The summed E-state index contributed by atoms with van der Waals surface area (Å²) in [6.45, 7) is 19.3. The van der Waals surface area contributed by atoms with Crippen LogP contribution < -0.4 is 0 Å². The number of hydrogen-bond acceptors (Lipinski definition) is 4. The molecule has 1 heterocycles. The fraction of sp³-hybridized carbons (Fsp3) is 0.944. The van der Waals surface area contributed by atoms with Crippen LogP contribution in [0.3, 0.4) is 0 Å². The van der Waals surface area contributed by atoms with Crippen LogP contribution in [0, 0.1) is 5.92 Å². The Balaban J connectivity index is 2.90. The van der Waals surface area contributed by atoms with Crippen LogP contribution in [-0.4, -0.2) is 55.3 Å². The van der Waals surface area contributed by atoms with Crippen molar-refractivity contribution in [2.45, 2.75) is 90.8 Å². The van der Waals surface area contributed by atoms with Gasteiger partial charge in [-0.2, -0.15) is 0 Å². The predicted molar refractivity (Wildman–Crippen MR) is 99.7 cm³/mol. The second kappa shape index (κ2) is 7.34. The van der Waals surface area contributed by atoms with Crippen LogP contribution in [0.15, 0.2) is 0 Å². The topological polar surface area (TPSA) is 59.0 Å². The first-order valence-electron chi connectivity index (χ1n) is 8.96. The molecule has 5 nitrogen and oxygen atoms in total. The second-order valence-electron chi connectivity index (χ2n) is 9.60. The molecule has 1 aliphatic rings. The van der Waals surface area contributed by atoms with Gasteiger partial charge in [0.15, 0.2) is 8.32 Å². The Morgan fingerprint density at radius 2 is 1.79 bits per heavy atom. The zero-order chi connectivity index (χ0) is 18.9. The maximum atomic E-state index is 12.6. The van der Waals surface area contributed by atoms with Gasteiger partial charge in [-0.3, -0.25) is 0 Å². The molecule has 24 heavy (non-hydrogen) atoms. The molecule has 142 valence electrons. The number of likely N-dealkylation sites (tertiary alicyclic amines) is 1. The third-order valence-corrected chi connectivity index (χ3v) is 9.68. The van der Waals surface area contributed by atoms with Gasteiger partial charge < -0.3 is 19.2 Å². The van der Waals surface area contributed by atoms with Gasteiger partial charge in [0.25, 0.3) is 0 Å². The highest BCUT2D eigenvalue weighted by molar-refractivity contribution is 6.74. The summed E-state index contributed by atoms with van der Waals surface area (Å²) >= 11 is 0. The molecule has 1 saturated heterocycles. The molecule has 1 N–H and O–H groups in total. The molecule has 1 fully saturated rings. The minimum Gasteiger partial charge on any atom is -0.444 e. The Morgan fingerprint density at radius 1 is 1.25 bits per heavy atom. The van der Waals surface area contributed by atoms with E-state index in [9.17, 15) is 9.90 Å². The van der Waals surface area contributed by atoms with Gasteiger partial charge in [0, 0.05) is 19.2 Å². The molecule has 0 radical (unpaired) electrons. The van der Waals surface area contributed by atoms with Crippen molar-refractivity contribution in [2.75, 3.05) is 13.2 Å². The van der Waals surface area contributed by atoms with Crippen molar-refractivity contribution in [1.82, 2.24) is 4.90 Å². The third-order valence-electron chi connectivity index (χ3n) is 5.15. The Labute approximate surface area is 148 Å². The highest BCUT2D eigenvalue weighted by atomic mass is 28.4. The average molecular weight is 360 g/mol. The Bertz CT molecular complexity index is 439. The van der Waals surface area contributed by atoms with Crippen molar-refractivity contribution in [3.8, 4) is 0 Å². The van der Waals surface area contributed by atoms with E-state index >= 15 is 0 Å². The number of amides is 1. The summed E-state index contributed by atoms with van der Waals surface area (Å²) in [5.41, 5.74) is -0.525. The first-order valence-corrected chi connectivity index (χ1v) is 11.9. The summed E-state index contributed by atoms with van der Waals surface area (Å²) in [4.78, 5) is 14.3. The van der Waals surface area contributed by atoms with Crippen molar-refractivity contribution >= 4 is 14.4 Å². The molecule has 6 heteroatoms. The number of aliphatic hydroxyl groups excluding tert-OH is 1. The molecule has 0 aromatic rings. The smallest absolute Gasteiger partial charge is 0.410 e. The van der Waals surface area contributed by atoms with E-state index in [0.29, 0.717) is 6.54 Å². The number of rotatable bonds is 4. The minimum atomic E-state index is -1.90. The molecule has 3 atom stereocenters. The standard InChI is InChI=1S/C18H37NO4Si/c1-13(12-20)15-10-14(23-24(8,9)18(5,6)7)11-19(15)16(21)22-17(2,3)4/h13-15,20H,10-12H2,1-9H3/t13?,14-,15+/m1/s1. The van der Waals surface area contributed by atoms with Gasteiger partial charge in [-0.25, -0.2) is 4.79 Å². The lowest BCUT2D eigenvalue weighted by Gasteiger charge is -2.38. The van der Waals surface area contributed by atoms with Crippen molar-refractivity contribution in [3.05, 3.63) is 0 Å². The largest absolute Gasteiger partial charge is 0.444 e. The average Bonchev–Trinajstić information content (AvgIpc) is 2.77. The van der Waals surface area contributed by atoms with Crippen LogP contribution in [0.4, 0.5) is 4.79 Å². The van der Waals surface area contributed by atoms with E-state index in [4.69, 9.17) is 9.16 Å². The summed E-state index contributed by atoms with van der Waals surface area (Å²) in [6.07, 6.45) is 0.458. The maximum absolute atomic E-state index is 12.6. The first kappa shape index (κ1) is 21.4. The van der Waals surface area contributed by atoms with Crippen molar-refractivity contribution in [1.29, 1.82) is 0 Å². The van der Waals surface area contributed by atoms with E-state index in [-0.39, 0.29) is 35.8 Å². The fourth-order valence-corrected chi connectivity index (χ4v) is 4.05. The summed E-state index contributed by atoms with van der Waals surface area (Å²) < 4.78 is 12.1. The fourth-order valence-electron chi connectivity index (χ4n) is 2.70.